The molecule has 2 aromatic rings. The van der Waals surface area contributed by atoms with Crippen molar-refractivity contribution in [1.29, 1.82) is 0 Å². The Labute approximate surface area is 161 Å². The molecule has 0 bridgehead atoms. The van der Waals surface area contributed by atoms with Crippen LogP contribution in [-0.4, -0.2) is 40.7 Å². The fourth-order valence-electron chi connectivity index (χ4n) is 3.14. The van der Waals surface area contributed by atoms with Gasteiger partial charge in [-0.05, 0) is 57.9 Å². The molecular formula is C20H24F3N3O2. The van der Waals surface area contributed by atoms with Gasteiger partial charge in [-0.15, -0.1) is 0 Å². The first kappa shape index (κ1) is 20.2. The second-order valence-corrected chi connectivity index (χ2v) is 7.99. The van der Waals surface area contributed by atoms with Gasteiger partial charge in [-0.1, -0.05) is 6.07 Å². The molecule has 0 saturated carbocycles. The molecule has 8 heteroatoms. The third-order valence-electron chi connectivity index (χ3n) is 4.50. The maximum absolute atomic E-state index is 12.8. The maximum Gasteiger partial charge on any atom is 0.433 e. The average Bonchev–Trinajstić information content (AvgIpc) is 2.59. The summed E-state index contributed by atoms with van der Waals surface area (Å²) in [6.07, 6.45) is -3.22. The molecule has 1 amide bonds. The Morgan fingerprint density at radius 3 is 2.43 bits per heavy atom. The van der Waals surface area contributed by atoms with Crippen molar-refractivity contribution in [2.75, 3.05) is 18.4 Å². The van der Waals surface area contributed by atoms with E-state index in [-0.39, 0.29) is 12.1 Å². The van der Waals surface area contributed by atoms with Gasteiger partial charge in [0.05, 0.1) is 5.52 Å². The summed E-state index contributed by atoms with van der Waals surface area (Å²) in [5.74, 6) is 0. The molecule has 1 aromatic heterocycles. The number of piperidine rings is 1. The number of halogens is 3. The van der Waals surface area contributed by atoms with Crippen LogP contribution in [0.15, 0.2) is 30.3 Å². The predicted molar refractivity (Wildman–Crippen MR) is 101 cm³/mol. The molecule has 2 heterocycles. The highest BCUT2D eigenvalue weighted by atomic mass is 19.4. The Hall–Kier alpha value is -2.51. The number of amides is 1. The molecule has 1 saturated heterocycles. The summed E-state index contributed by atoms with van der Waals surface area (Å²) in [5, 5.41) is 4.04. The zero-order valence-electron chi connectivity index (χ0n) is 16.1. The van der Waals surface area contributed by atoms with E-state index < -0.39 is 17.5 Å². The molecule has 1 fully saturated rings. The molecule has 152 valence electrons. The number of hydrogen-bond donors (Lipinski definition) is 1. The average molecular weight is 395 g/mol. The van der Waals surface area contributed by atoms with E-state index in [2.05, 4.69) is 10.3 Å². The summed E-state index contributed by atoms with van der Waals surface area (Å²) >= 11 is 0. The first-order valence-corrected chi connectivity index (χ1v) is 9.24. The van der Waals surface area contributed by atoms with Crippen LogP contribution in [-0.2, 0) is 10.9 Å². The first-order valence-electron chi connectivity index (χ1n) is 9.24. The van der Waals surface area contributed by atoms with Crippen molar-refractivity contribution in [3.05, 3.63) is 36.0 Å². The van der Waals surface area contributed by atoms with Crippen molar-refractivity contribution in [2.45, 2.75) is 51.4 Å². The maximum atomic E-state index is 12.8. The lowest BCUT2D eigenvalue weighted by Gasteiger charge is -2.34. The lowest BCUT2D eigenvalue weighted by atomic mass is 10.0. The van der Waals surface area contributed by atoms with E-state index in [1.807, 2.05) is 20.8 Å². The van der Waals surface area contributed by atoms with Crippen LogP contribution >= 0.6 is 0 Å². The van der Waals surface area contributed by atoms with Crippen LogP contribution in [0.2, 0.25) is 0 Å². The van der Waals surface area contributed by atoms with Crippen molar-refractivity contribution in [1.82, 2.24) is 9.88 Å². The Bertz CT molecular complexity index is 854. The van der Waals surface area contributed by atoms with Gasteiger partial charge in [-0.2, -0.15) is 13.2 Å². The van der Waals surface area contributed by atoms with E-state index in [1.54, 1.807) is 23.1 Å². The number of pyridine rings is 1. The minimum atomic E-state index is -4.45. The van der Waals surface area contributed by atoms with Crippen LogP contribution in [0.25, 0.3) is 10.9 Å². The molecule has 1 N–H and O–H groups in total. The molecule has 5 nitrogen and oxygen atoms in total. The van der Waals surface area contributed by atoms with Gasteiger partial charge < -0.3 is 15.0 Å². The number of nitrogens with one attached hydrogen (secondary N) is 1. The SMILES string of the molecule is CC(C)(C)OC(=O)N1CCC(Nc2ccc3nc(C(F)(F)F)ccc3c2)CC1. The number of hydrogen-bond acceptors (Lipinski definition) is 4. The Kier molecular flexibility index (Phi) is 5.41. The lowest BCUT2D eigenvalue weighted by Crippen LogP contribution is -2.44. The van der Waals surface area contributed by atoms with Crippen LogP contribution in [0, 0.1) is 0 Å². The number of aromatic nitrogens is 1. The largest absolute Gasteiger partial charge is 0.444 e. The standard InChI is InChI=1S/C20H24F3N3O2/c1-19(2,3)28-18(27)26-10-8-14(9-11-26)24-15-5-6-16-13(12-15)4-7-17(25-16)20(21,22)23/h4-7,12,14,24H,8-11H2,1-3H3. The van der Waals surface area contributed by atoms with Crippen LogP contribution in [0.3, 0.4) is 0 Å². The van der Waals surface area contributed by atoms with Crippen molar-refractivity contribution >= 4 is 22.7 Å². The number of nitrogens with zero attached hydrogens (tertiary/aromatic N) is 2. The van der Waals surface area contributed by atoms with Gasteiger partial charge in [0, 0.05) is 30.2 Å². The minimum Gasteiger partial charge on any atom is -0.444 e. The van der Waals surface area contributed by atoms with Crippen LogP contribution in [0.4, 0.5) is 23.7 Å². The van der Waals surface area contributed by atoms with E-state index in [1.165, 1.54) is 6.07 Å². The third-order valence-corrected chi connectivity index (χ3v) is 4.50. The monoisotopic (exact) mass is 395 g/mol. The highest BCUT2D eigenvalue weighted by Crippen LogP contribution is 2.30. The molecule has 1 aromatic carbocycles. The lowest BCUT2D eigenvalue weighted by molar-refractivity contribution is -0.140. The molecule has 1 aliphatic heterocycles. The summed E-state index contributed by atoms with van der Waals surface area (Å²) in [6, 6.07) is 7.71. The molecular weight excluding hydrogens is 371 g/mol. The number of benzene rings is 1. The molecule has 0 atom stereocenters. The predicted octanol–water partition coefficient (Wildman–Crippen LogP) is 5.07. The minimum absolute atomic E-state index is 0.179. The number of alkyl halides is 3. The number of carbonyl (C=O) groups excluding carboxylic acids is 1. The Morgan fingerprint density at radius 1 is 1.14 bits per heavy atom. The van der Waals surface area contributed by atoms with Crippen molar-refractivity contribution in [3.8, 4) is 0 Å². The van der Waals surface area contributed by atoms with Gasteiger partial charge >= 0.3 is 12.3 Å². The van der Waals surface area contributed by atoms with Crippen LogP contribution < -0.4 is 5.32 Å². The molecule has 28 heavy (non-hydrogen) atoms. The fourth-order valence-corrected chi connectivity index (χ4v) is 3.14. The Balaban J connectivity index is 1.60. The number of rotatable bonds is 2. The molecule has 1 aliphatic rings. The molecule has 3 rings (SSSR count). The number of likely N-dealkylation sites (tertiary alicyclic amines) is 1. The van der Waals surface area contributed by atoms with Gasteiger partial charge in [-0.3, -0.25) is 0 Å². The smallest absolute Gasteiger partial charge is 0.433 e. The van der Waals surface area contributed by atoms with Gasteiger partial charge in [0.25, 0.3) is 0 Å². The second kappa shape index (κ2) is 7.48. The van der Waals surface area contributed by atoms with Crippen molar-refractivity contribution in [3.63, 3.8) is 0 Å². The third kappa shape index (κ3) is 5.05. The Morgan fingerprint density at radius 2 is 1.82 bits per heavy atom. The number of anilines is 1. The molecule has 0 spiro atoms. The van der Waals surface area contributed by atoms with Crippen LogP contribution in [0.5, 0.6) is 0 Å². The highest BCUT2D eigenvalue weighted by molar-refractivity contribution is 5.82. The summed E-state index contributed by atoms with van der Waals surface area (Å²) in [7, 11) is 0. The highest BCUT2D eigenvalue weighted by Gasteiger charge is 2.32. The molecule has 0 aliphatic carbocycles. The molecule has 0 radical (unpaired) electrons. The molecule has 0 unspecified atom stereocenters. The van der Waals surface area contributed by atoms with Gasteiger partial charge in [0.2, 0.25) is 0 Å². The van der Waals surface area contributed by atoms with E-state index in [0.717, 1.165) is 24.6 Å². The van der Waals surface area contributed by atoms with E-state index in [9.17, 15) is 18.0 Å². The fraction of sp³-hybridized carbons (Fsp3) is 0.500. The summed E-state index contributed by atoms with van der Waals surface area (Å²) < 4.78 is 43.7. The van der Waals surface area contributed by atoms with Gasteiger partial charge in [0.1, 0.15) is 11.3 Å². The number of carbonyl (C=O) groups is 1. The first-order chi connectivity index (χ1) is 13.0. The second-order valence-electron chi connectivity index (χ2n) is 7.99. The van der Waals surface area contributed by atoms with E-state index in [4.69, 9.17) is 4.74 Å². The summed E-state index contributed by atoms with van der Waals surface area (Å²) in [6.45, 7) is 6.70. The van der Waals surface area contributed by atoms with Gasteiger partial charge in [0.15, 0.2) is 0 Å². The van der Waals surface area contributed by atoms with Crippen LogP contribution in [0.1, 0.15) is 39.3 Å². The topological polar surface area (TPSA) is 54.5 Å². The van der Waals surface area contributed by atoms with Gasteiger partial charge in [-0.25, -0.2) is 9.78 Å². The normalized spacial score (nSPS) is 16.3. The summed E-state index contributed by atoms with van der Waals surface area (Å²) in [4.78, 5) is 17.5. The van der Waals surface area contributed by atoms with Crippen molar-refractivity contribution < 1.29 is 22.7 Å². The van der Waals surface area contributed by atoms with E-state index in [0.29, 0.717) is 24.0 Å². The number of ether oxygens (including phenoxy) is 1. The van der Waals surface area contributed by atoms with Crippen molar-refractivity contribution in [2.24, 2.45) is 0 Å². The van der Waals surface area contributed by atoms with E-state index >= 15 is 0 Å². The zero-order valence-corrected chi connectivity index (χ0v) is 16.1. The zero-order chi connectivity index (χ0) is 20.5. The quantitative estimate of drug-likeness (QED) is 0.772. The summed E-state index contributed by atoms with van der Waals surface area (Å²) in [5.41, 5.74) is -0.280. The number of fused-ring (bicyclic) bond motifs is 1.